The van der Waals surface area contributed by atoms with Crippen LogP contribution in [0.3, 0.4) is 0 Å². The lowest BCUT2D eigenvalue weighted by Crippen LogP contribution is -2.78. The molecule has 1 aromatic carbocycles. The van der Waals surface area contributed by atoms with E-state index in [0.29, 0.717) is 30.9 Å². The molecule has 1 aromatic rings. The third-order valence-corrected chi connectivity index (χ3v) is 8.07. The number of piperidine rings is 1. The second-order valence-electron chi connectivity index (χ2n) is 8.86. The number of para-hydroxylation sites is 1. The maximum atomic E-state index is 13.9. The van der Waals surface area contributed by atoms with Gasteiger partial charge in [0, 0.05) is 25.4 Å². The summed E-state index contributed by atoms with van der Waals surface area (Å²) in [4.78, 5) is 43.4. The number of carbonyl (C=O) groups excluding carboxylic acids is 3. The average Bonchev–Trinajstić information content (AvgIpc) is 3.23. The Morgan fingerprint density at radius 2 is 2.13 bits per heavy atom. The first-order valence-corrected chi connectivity index (χ1v) is 10.4. The fraction of sp³-hybridized carbons (Fsp3) is 0.591. The van der Waals surface area contributed by atoms with Crippen molar-refractivity contribution in [2.24, 2.45) is 17.8 Å². The van der Waals surface area contributed by atoms with E-state index < -0.39 is 35.0 Å². The second-order valence-corrected chi connectivity index (χ2v) is 8.86. The van der Waals surface area contributed by atoms with Crippen molar-refractivity contribution in [3.63, 3.8) is 0 Å². The van der Waals surface area contributed by atoms with Crippen LogP contribution < -0.4 is 9.64 Å². The molecule has 1 N–H and O–H groups in total. The summed E-state index contributed by atoms with van der Waals surface area (Å²) in [5, 5.41) is 10.5. The number of benzene rings is 1. The molecule has 3 heterocycles. The molecule has 160 valence electrons. The van der Waals surface area contributed by atoms with E-state index in [9.17, 15) is 19.5 Å². The predicted molar refractivity (Wildman–Crippen MR) is 106 cm³/mol. The SMILES string of the molecule is COC(=O)[C@H]1[C@@H]2CC(=O)[C@]34CCN(C[C@@H]2[C@@H](C)O)[C@]13N(C=O)c1c(OC)cccc14. The van der Waals surface area contributed by atoms with Gasteiger partial charge in [-0.3, -0.25) is 24.2 Å². The number of aliphatic hydroxyl groups is 1. The summed E-state index contributed by atoms with van der Waals surface area (Å²) in [6.45, 7) is 2.75. The maximum Gasteiger partial charge on any atom is 0.312 e. The molecular formula is C22H26N2O6. The Balaban J connectivity index is 1.86. The van der Waals surface area contributed by atoms with E-state index in [1.807, 2.05) is 12.1 Å². The molecule has 2 saturated heterocycles. The zero-order chi connectivity index (χ0) is 21.4. The molecular weight excluding hydrogens is 388 g/mol. The Morgan fingerprint density at radius 1 is 1.37 bits per heavy atom. The standard InChI is InChI=1S/C22H26N2O6/c1-12(26)14-10-23-8-7-21-15-5-4-6-16(29-2)19(15)24(11-25)22(21,23)18(20(28)30-3)13(14)9-17(21)27/h4-6,11-14,18,26H,7-10H2,1-3H3/t12-,13-,14-,18-,21-,22+/m1/s1. The van der Waals surface area contributed by atoms with Crippen LogP contribution in [0.4, 0.5) is 5.69 Å². The molecule has 0 unspecified atom stereocenters. The van der Waals surface area contributed by atoms with Gasteiger partial charge < -0.3 is 14.6 Å². The number of amides is 1. The second kappa shape index (κ2) is 6.28. The third-order valence-electron chi connectivity index (χ3n) is 8.07. The van der Waals surface area contributed by atoms with Gasteiger partial charge >= 0.3 is 5.97 Å². The molecule has 4 aliphatic rings. The Bertz CT molecular complexity index is 948. The molecule has 3 fully saturated rings. The van der Waals surface area contributed by atoms with E-state index in [-0.39, 0.29) is 18.1 Å². The van der Waals surface area contributed by atoms with Gasteiger partial charge in [0.1, 0.15) is 17.2 Å². The average molecular weight is 414 g/mol. The normalized spacial score (nSPS) is 37.4. The van der Waals surface area contributed by atoms with Crippen molar-refractivity contribution in [3.05, 3.63) is 23.8 Å². The molecule has 0 radical (unpaired) electrons. The topological polar surface area (TPSA) is 96.4 Å². The number of anilines is 1. The zero-order valence-corrected chi connectivity index (χ0v) is 17.3. The molecule has 30 heavy (non-hydrogen) atoms. The smallest absolute Gasteiger partial charge is 0.312 e. The van der Waals surface area contributed by atoms with Gasteiger partial charge in [0.2, 0.25) is 6.41 Å². The summed E-state index contributed by atoms with van der Waals surface area (Å²) in [5.74, 6) is -1.37. The van der Waals surface area contributed by atoms with Crippen molar-refractivity contribution in [1.29, 1.82) is 0 Å². The minimum atomic E-state index is -1.18. The summed E-state index contributed by atoms with van der Waals surface area (Å²) in [5.41, 5.74) is -0.900. The number of fused-ring (bicyclic) bond motifs is 2. The largest absolute Gasteiger partial charge is 0.495 e. The van der Waals surface area contributed by atoms with Gasteiger partial charge in [0.05, 0.1) is 37.3 Å². The molecule has 8 heteroatoms. The molecule has 8 nitrogen and oxygen atoms in total. The van der Waals surface area contributed by atoms with Crippen LogP contribution in [-0.4, -0.2) is 67.2 Å². The van der Waals surface area contributed by atoms with Gasteiger partial charge in [0.15, 0.2) is 0 Å². The predicted octanol–water partition coefficient (Wildman–Crippen LogP) is 0.700. The Hall–Kier alpha value is -2.45. The van der Waals surface area contributed by atoms with Crippen molar-refractivity contribution in [3.8, 4) is 5.75 Å². The number of esters is 1. The number of Topliss-reactive ketones (excluding diaryl/α,β-unsaturated/α-hetero) is 1. The van der Waals surface area contributed by atoms with Crippen molar-refractivity contribution in [1.82, 2.24) is 4.90 Å². The number of methoxy groups -OCH3 is 2. The highest BCUT2D eigenvalue weighted by Gasteiger charge is 2.81. The van der Waals surface area contributed by atoms with Crippen LogP contribution in [0, 0.1) is 17.8 Å². The van der Waals surface area contributed by atoms with Crippen molar-refractivity contribution in [2.75, 3.05) is 32.2 Å². The number of aliphatic hydroxyl groups excluding tert-OH is 1. The first-order chi connectivity index (χ1) is 14.4. The van der Waals surface area contributed by atoms with E-state index in [1.54, 1.807) is 17.9 Å². The van der Waals surface area contributed by atoms with Crippen LogP contribution in [0.2, 0.25) is 0 Å². The molecule has 5 rings (SSSR count). The van der Waals surface area contributed by atoms with Gasteiger partial charge in [-0.1, -0.05) is 12.1 Å². The van der Waals surface area contributed by atoms with E-state index in [2.05, 4.69) is 4.90 Å². The summed E-state index contributed by atoms with van der Waals surface area (Å²) in [6.07, 6.45) is 0.705. The van der Waals surface area contributed by atoms with Gasteiger partial charge in [0.25, 0.3) is 0 Å². The Labute approximate surface area is 174 Å². The quantitative estimate of drug-likeness (QED) is 0.572. The Kier molecular flexibility index (Phi) is 4.08. The first kappa shape index (κ1) is 19.5. The van der Waals surface area contributed by atoms with Crippen LogP contribution in [0.15, 0.2) is 18.2 Å². The van der Waals surface area contributed by atoms with Crippen molar-refractivity contribution in [2.45, 2.75) is 36.9 Å². The summed E-state index contributed by atoms with van der Waals surface area (Å²) < 4.78 is 10.8. The summed E-state index contributed by atoms with van der Waals surface area (Å²) in [7, 11) is 2.86. The van der Waals surface area contributed by atoms with Crippen LogP contribution in [0.25, 0.3) is 0 Å². The minimum Gasteiger partial charge on any atom is -0.495 e. The van der Waals surface area contributed by atoms with E-state index in [1.165, 1.54) is 14.2 Å². The van der Waals surface area contributed by atoms with E-state index >= 15 is 0 Å². The molecule has 1 saturated carbocycles. The number of hydrogen-bond acceptors (Lipinski definition) is 7. The molecule has 1 spiro atoms. The van der Waals surface area contributed by atoms with E-state index in [4.69, 9.17) is 9.47 Å². The maximum absolute atomic E-state index is 13.9. The zero-order valence-electron chi connectivity index (χ0n) is 17.3. The van der Waals surface area contributed by atoms with Gasteiger partial charge in [-0.05, 0) is 30.9 Å². The third kappa shape index (κ3) is 1.88. The first-order valence-electron chi connectivity index (χ1n) is 10.4. The van der Waals surface area contributed by atoms with E-state index in [0.717, 1.165) is 12.0 Å². The number of ketones is 1. The Morgan fingerprint density at radius 3 is 2.77 bits per heavy atom. The fourth-order valence-corrected chi connectivity index (χ4v) is 7.11. The highest BCUT2D eigenvalue weighted by Crippen LogP contribution is 2.69. The highest BCUT2D eigenvalue weighted by atomic mass is 16.5. The molecule has 6 atom stereocenters. The molecule has 3 aliphatic heterocycles. The number of nitrogens with zero attached hydrogens (tertiary/aromatic N) is 2. The minimum absolute atomic E-state index is 0.0133. The van der Waals surface area contributed by atoms with Crippen LogP contribution >= 0.6 is 0 Å². The fourth-order valence-electron chi connectivity index (χ4n) is 7.11. The van der Waals surface area contributed by atoms with Crippen LogP contribution in [0.5, 0.6) is 5.75 Å². The number of rotatable bonds is 4. The van der Waals surface area contributed by atoms with Crippen LogP contribution in [0.1, 0.15) is 25.3 Å². The molecule has 0 aromatic heterocycles. The lowest BCUT2D eigenvalue weighted by Gasteiger charge is -2.61. The molecule has 2 bridgehead atoms. The lowest BCUT2D eigenvalue weighted by atomic mass is 9.52. The van der Waals surface area contributed by atoms with Gasteiger partial charge in [-0.15, -0.1) is 0 Å². The van der Waals surface area contributed by atoms with Crippen molar-refractivity contribution < 1.29 is 29.0 Å². The van der Waals surface area contributed by atoms with Gasteiger partial charge in [-0.2, -0.15) is 0 Å². The lowest BCUT2D eigenvalue weighted by molar-refractivity contribution is -0.179. The van der Waals surface area contributed by atoms with Crippen LogP contribution in [-0.2, 0) is 24.5 Å². The highest BCUT2D eigenvalue weighted by molar-refractivity contribution is 6.05. The van der Waals surface area contributed by atoms with Crippen molar-refractivity contribution >= 4 is 23.9 Å². The monoisotopic (exact) mass is 414 g/mol. The summed E-state index contributed by atoms with van der Waals surface area (Å²) in [6, 6.07) is 5.46. The molecule has 1 amide bonds. The molecule has 1 aliphatic carbocycles. The van der Waals surface area contributed by atoms with Gasteiger partial charge in [-0.25, -0.2) is 0 Å². The number of hydrogen-bond donors (Lipinski definition) is 1. The number of ether oxygens (including phenoxy) is 2. The summed E-state index contributed by atoms with van der Waals surface area (Å²) >= 11 is 0. The number of carbonyl (C=O) groups is 3.